The van der Waals surface area contributed by atoms with Crippen LogP contribution in [0.5, 0.6) is 0 Å². The van der Waals surface area contributed by atoms with Crippen molar-refractivity contribution in [2.75, 3.05) is 23.3 Å². The summed E-state index contributed by atoms with van der Waals surface area (Å²) in [6.07, 6.45) is 0. The van der Waals surface area contributed by atoms with Gasteiger partial charge in [0.05, 0.1) is 17.9 Å². The van der Waals surface area contributed by atoms with E-state index in [9.17, 15) is 9.59 Å². The summed E-state index contributed by atoms with van der Waals surface area (Å²) in [5.74, 6) is -0.289. The molecule has 23 heavy (non-hydrogen) atoms. The topological polar surface area (TPSA) is 61.4 Å². The Balaban J connectivity index is 1.68. The second kappa shape index (κ2) is 6.62. The largest absolute Gasteiger partial charge is 0.323 e. The lowest BCUT2D eigenvalue weighted by molar-refractivity contribution is -0.121. The number of anilines is 2. The lowest BCUT2D eigenvalue weighted by Gasteiger charge is -2.29. The fraction of sp³-hybridized carbons (Fsp3) is 0.222. The minimum atomic E-state index is -0.173. The van der Waals surface area contributed by atoms with Crippen LogP contribution in [0.15, 0.2) is 54.6 Å². The third-order valence-electron chi connectivity index (χ3n) is 3.93. The Bertz CT molecular complexity index is 715. The molecule has 5 heteroatoms. The number of nitrogens with zero attached hydrogens (tertiary/aromatic N) is 1. The van der Waals surface area contributed by atoms with E-state index in [1.165, 1.54) is 4.90 Å². The molecule has 0 fully saturated rings. The van der Waals surface area contributed by atoms with Crippen LogP contribution in [0.25, 0.3) is 0 Å². The van der Waals surface area contributed by atoms with Gasteiger partial charge >= 0.3 is 0 Å². The van der Waals surface area contributed by atoms with Crippen molar-refractivity contribution in [3.8, 4) is 0 Å². The summed E-state index contributed by atoms with van der Waals surface area (Å²) in [6.45, 7) is 2.24. The molecular weight excluding hydrogens is 290 g/mol. The summed E-state index contributed by atoms with van der Waals surface area (Å²) in [5.41, 5.74) is 2.54. The summed E-state index contributed by atoms with van der Waals surface area (Å²) in [7, 11) is 0. The first kappa shape index (κ1) is 15.2. The number of amides is 2. The van der Waals surface area contributed by atoms with Gasteiger partial charge in [0.1, 0.15) is 6.54 Å². The van der Waals surface area contributed by atoms with Gasteiger partial charge in [-0.05, 0) is 24.6 Å². The third kappa shape index (κ3) is 3.40. The maximum absolute atomic E-state index is 12.5. The Morgan fingerprint density at radius 3 is 2.65 bits per heavy atom. The van der Waals surface area contributed by atoms with Crippen LogP contribution in [-0.4, -0.2) is 24.9 Å². The van der Waals surface area contributed by atoms with Crippen LogP contribution >= 0.6 is 0 Å². The molecule has 0 spiro atoms. The van der Waals surface area contributed by atoms with Gasteiger partial charge in [-0.3, -0.25) is 14.5 Å². The summed E-state index contributed by atoms with van der Waals surface area (Å²) < 4.78 is 0. The number of fused-ring (bicyclic) bond motifs is 1. The first-order chi connectivity index (χ1) is 11.1. The molecule has 0 aromatic heterocycles. The van der Waals surface area contributed by atoms with E-state index in [4.69, 9.17) is 0 Å². The summed E-state index contributed by atoms with van der Waals surface area (Å²) >= 11 is 0. The molecule has 2 aromatic carbocycles. The normalized spacial score (nSPS) is 14.8. The molecule has 0 unspecified atom stereocenters. The first-order valence-electron chi connectivity index (χ1n) is 7.63. The van der Waals surface area contributed by atoms with Crippen molar-refractivity contribution in [1.29, 1.82) is 0 Å². The van der Waals surface area contributed by atoms with E-state index < -0.39 is 0 Å². The molecule has 1 aliphatic rings. The number of para-hydroxylation sites is 2. The van der Waals surface area contributed by atoms with Crippen molar-refractivity contribution < 1.29 is 9.59 Å². The first-order valence-corrected chi connectivity index (χ1v) is 7.63. The Morgan fingerprint density at radius 1 is 1.17 bits per heavy atom. The molecule has 2 amide bonds. The van der Waals surface area contributed by atoms with Gasteiger partial charge in [0.2, 0.25) is 11.8 Å². The zero-order valence-electron chi connectivity index (χ0n) is 13.0. The fourth-order valence-electron chi connectivity index (χ4n) is 2.65. The smallest absolute Gasteiger partial charge is 0.244 e. The molecule has 0 saturated carbocycles. The van der Waals surface area contributed by atoms with Gasteiger partial charge < -0.3 is 10.6 Å². The fourth-order valence-corrected chi connectivity index (χ4v) is 2.65. The van der Waals surface area contributed by atoms with Crippen molar-refractivity contribution >= 4 is 23.2 Å². The highest BCUT2D eigenvalue weighted by Crippen LogP contribution is 2.28. The lowest BCUT2D eigenvalue weighted by Crippen LogP contribution is -2.46. The molecule has 0 aliphatic carbocycles. The number of carbonyl (C=O) groups is 2. The van der Waals surface area contributed by atoms with Gasteiger partial charge in [-0.2, -0.15) is 0 Å². The third-order valence-corrected chi connectivity index (χ3v) is 3.93. The van der Waals surface area contributed by atoms with Gasteiger partial charge in [-0.1, -0.05) is 42.5 Å². The molecule has 1 atom stereocenters. The van der Waals surface area contributed by atoms with E-state index in [2.05, 4.69) is 10.6 Å². The summed E-state index contributed by atoms with van der Waals surface area (Å²) in [6, 6.07) is 17.3. The highest BCUT2D eigenvalue weighted by Gasteiger charge is 2.26. The van der Waals surface area contributed by atoms with Gasteiger partial charge in [0.25, 0.3) is 0 Å². The maximum Gasteiger partial charge on any atom is 0.244 e. The molecule has 0 radical (unpaired) electrons. The highest BCUT2D eigenvalue weighted by atomic mass is 16.2. The number of hydrogen-bond acceptors (Lipinski definition) is 3. The zero-order valence-corrected chi connectivity index (χ0v) is 13.0. The lowest BCUT2D eigenvalue weighted by atomic mass is 10.1. The molecule has 0 saturated heterocycles. The number of hydrogen-bond donors (Lipinski definition) is 2. The van der Waals surface area contributed by atoms with Crippen LogP contribution < -0.4 is 15.5 Å². The van der Waals surface area contributed by atoms with E-state index in [1.54, 1.807) is 6.07 Å². The predicted molar refractivity (Wildman–Crippen MR) is 90.3 cm³/mol. The number of benzene rings is 2. The molecule has 118 valence electrons. The van der Waals surface area contributed by atoms with Crippen LogP contribution in [0.1, 0.15) is 18.5 Å². The number of nitrogens with one attached hydrogen (secondary N) is 2. The van der Waals surface area contributed by atoms with Gasteiger partial charge in [-0.15, -0.1) is 0 Å². The van der Waals surface area contributed by atoms with Crippen LogP contribution in [0.2, 0.25) is 0 Å². The Morgan fingerprint density at radius 2 is 1.87 bits per heavy atom. The highest BCUT2D eigenvalue weighted by molar-refractivity contribution is 6.10. The SMILES string of the molecule is C[C@H](NCC(=O)N1CC(=O)Nc2ccccc21)c1ccccc1. The van der Waals surface area contributed by atoms with Crippen molar-refractivity contribution in [2.45, 2.75) is 13.0 Å². The van der Waals surface area contributed by atoms with E-state index in [0.29, 0.717) is 5.69 Å². The number of rotatable bonds is 4. The van der Waals surface area contributed by atoms with Crippen LogP contribution in [0, 0.1) is 0 Å². The van der Waals surface area contributed by atoms with Crippen molar-refractivity contribution in [2.24, 2.45) is 0 Å². The number of carbonyl (C=O) groups excluding carboxylic acids is 2. The molecule has 5 nitrogen and oxygen atoms in total. The summed E-state index contributed by atoms with van der Waals surface area (Å²) in [4.78, 5) is 25.8. The van der Waals surface area contributed by atoms with Crippen LogP contribution in [0.4, 0.5) is 11.4 Å². The molecule has 2 aromatic rings. The maximum atomic E-state index is 12.5. The quantitative estimate of drug-likeness (QED) is 0.911. The van der Waals surface area contributed by atoms with Crippen LogP contribution in [-0.2, 0) is 9.59 Å². The molecule has 1 aliphatic heterocycles. The van der Waals surface area contributed by atoms with Crippen LogP contribution in [0.3, 0.4) is 0 Å². The second-order valence-corrected chi connectivity index (χ2v) is 5.56. The Hall–Kier alpha value is -2.66. The Kier molecular flexibility index (Phi) is 4.39. The molecule has 2 N–H and O–H groups in total. The van der Waals surface area contributed by atoms with Gasteiger partial charge in [-0.25, -0.2) is 0 Å². The minimum Gasteiger partial charge on any atom is -0.323 e. The van der Waals surface area contributed by atoms with E-state index in [-0.39, 0.29) is 30.9 Å². The second-order valence-electron chi connectivity index (χ2n) is 5.56. The Labute approximate surface area is 135 Å². The minimum absolute atomic E-state index is 0.0528. The average molecular weight is 309 g/mol. The van der Waals surface area contributed by atoms with E-state index in [0.717, 1.165) is 11.3 Å². The van der Waals surface area contributed by atoms with Crippen molar-refractivity contribution in [3.63, 3.8) is 0 Å². The zero-order chi connectivity index (χ0) is 16.2. The van der Waals surface area contributed by atoms with E-state index >= 15 is 0 Å². The molecular formula is C18H19N3O2. The monoisotopic (exact) mass is 309 g/mol. The average Bonchev–Trinajstić information content (AvgIpc) is 2.59. The van der Waals surface area contributed by atoms with Crippen molar-refractivity contribution in [1.82, 2.24) is 5.32 Å². The molecule has 3 rings (SSSR count). The molecule has 0 bridgehead atoms. The molecule has 1 heterocycles. The van der Waals surface area contributed by atoms with Gasteiger partial charge in [0.15, 0.2) is 0 Å². The van der Waals surface area contributed by atoms with E-state index in [1.807, 2.05) is 55.5 Å². The standard InChI is InChI=1S/C18H19N3O2/c1-13(14-7-3-2-4-8-14)19-11-18(23)21-12-17(22)20-15-9-5-6-10-16(15)21/h2-10,13,19H,11-12H2,1H3,(H,20,22)/t13-/m0/s1. The van der Waals surface area contributed by atoms with Crippen molar-refractivity contribution in [3.05, 3.63) is 60.2 Å². The predicted octanol–water partition coefficient (Wildman–Crippen LogP) is 2.32. The van der Waals surface area contributed by atoms with Gasteiger partial charge in [0, 0.05) is 6.04 Å². The summed E-state index contributed by atoms with van der Waals surface area (Å²) in [5, 5.41) is 6.00.